The molecule has 0 radical (unpaired) electrons. The van der Waals surface area contributed by atoms with Gasteiger partial charge >= 0.3 is 5.97 Å². The molecule has 27 heavy (non-hydrogen) atoms. The average Bonchev–Trinajstić information content (AvgIpc) is 3.16. The monoisotopic (exact) mass is 384 g/mol. The van der Waals surface area contributed by atoms with Gasteiger partial charge in [-0.05, 0) is 42.3 Å². The van der Waals surface area contributed by atoms with Gasteiger partial charge < -0.3 is 14.0 Å². The van der Waals surface area contributed by atoms with Gasteiger partial charge in [-0.25, -0.2) is 4.79 Å². The van der Waals surface area contributed by atoms with E-state index in [2.05, 4.69) is 10.1 Å². The van der Waals surface area contributed by atoms with Crippen molar-refractivity contribution in [3.8, 4) is 17.1 Å². The van der Waals surface area contributed by atoms with Crippen LogP contribution in [0.1, 0.15) is 17.0 Å². The Morgan fingerprint density at radius 3 is 2.89 bits per heavy atom. The Hall–Kier alpha value is -3.12. The van der Waals surface area contributed by atoms with Crippen LogP contribution >= 0.6 is 11.6 Å². The second kappa shape index (κ2) is 8.51. The molecule has 2 aromatic carbocycles. The molecule has 7 heteroatoms. The predicted octanol–water partition coefficient (Wildman–Crippen LogP) is 4.46. The average molecular weight is 385 g/mol. The second-order valence-corrected chi connectivity index (χ2v) is 6.10. The minimum Gasteiger partial charge on any atom is -0.497 e. The van der Waals surface area contributed by atoms with E-state index in [4.69, 9.17) is 25.6 Å². The van der Waals surface area contributed by atoms with E-state index in [9.17, 15) is 4.79 Å². The predicted molar refractivity (Wildman–Crippen MR) is 101 cm³/mol. The van der Waals surface area contributed by atoms with Crippen LogP contribution in [0.2, 0.25) is 5.02 Å². The third-order valence-corrected chi connectivity index (χ3v) is 4.15. The van der Waals surface area contributed by atoms with Gasteiger partial charge in [-0.2, -0.15) is 4.98 Å². The first kappa shape index (κ1) is 18.7. The molecule has 1 aromatic heterocycles. The van der Waals surface area contributed by atoms with Crippen LogP contribution in [0.15, 0.2) is 53.1 Å². The molecule has 0 unspecified atom stereocenters. The number of halogens is 1. The van der Waals surface area contributed by atoms with E-state index in [0.717, 1.165) is 16.7 Å². The zero-order chi connectivity index (χ0) is 19.2. The molecule has 3 rings (SSSR count). The number of carbonyl (C=O) groups is 1. The number of carbonyl (C=O) groups excluding carboxylic acids is 1. The van der Waals surface area contributed by atoms with Gasteiger partial charge in [-0.15, -0.1) is 0 Å². The Kier molecular flexibility index (Phi) is 5.88. The van der Waals surface area contributed by atoms with Crippen molar-refractivity contribution in [2.24, 2.45) is 0 Å². The van der Waals surface area contributed by atoms with E-state index >= 15 is 0 Å². The molecule has 1 heterocycles. The summed E-state index contributed by atoms with van der Waals surface area (Å²) in [6.45, 7) is 1.79. The first-order valence-electron chi connectivity index (χ1n) is 8.13. The summed E-state index contributed by atoms with van der Waals surface area (Å²) in [5, 5.41) is 4.53. The van der Waals surface area contributed by atoms with Crippen LogP contribution in [0.5, 0.6) is 5.75 Å². The minimum atomic E-state index is -0.521. The van der Waals surface area contributed by atoms with E-state index in [1.165, 1.54) is 6.08 Å². The fourth-order valence-electron chi connectivity index (χ4n) is 2.25. The van der Waals surface area contributed by atoms with Crippen molar-refractivity contribution in [1.29, 1.82) is 0 Å². The van der Waals surface area contributed by atoms with Gasteiger partial charge in [0.2, 0.25) is 5.82 Å². The fraction of sp³-hybridized carbons (Fsp3) is 0.150. The Morgan fingerprint density at radius 2 is 2.11 bits per heavy atom. The van der Waals surface area contributed by atoms with E-state index in [1.54, 1.807) is 25.3 Å². The Labute approximate surface area is 161 Å². The maximum atomic E-state index is 11.9. The van der Waals surface area contributed by atoms with E-state index in [1.807, 2.05) is 37.3 Å². The van der Waals surface area contributed by atoms with E-state index < -0.39 is 5.97 Å². The molecule has 0 bridgehead atoms. The van der Waals surface area contributed by atoms with Gasteiger partial charge in [0.15, 0.2) is 6.61 Å². The molecule has 0 aliphatic carbocycles. The minimum absolute atomic E-state index is 0.116. The Balaban J connectivity index is 1.58. The summed E-state index contributed by atoms with van der Waals surface area (Å²) in [6, 6.07) is 12.8. The van der Waals surface area contributed by atoms with E-state index in [0.29, 0.717) is 16.6 Å². The van der Waals surface area contributed by atoms with Gasteiger partial charge in [-0.3, -0.25) is 0 Å². The molecular weight excluding hydrogens is 368 g/mol. The van der Waals surface area contributed by atoms with Crippen LogP contribution in [-0.2, 0) is 16.1 Å². The molecule has 3 aromatic rings. The van der Waals surface area contributed by atoms with Crippen LogP contribution in [0.3, 0.4) is 0 Å². The number of hydrogen-bond donors (Lipinski definition) is 0. The fourth-order valence-corrected chi connectivity index (χ4v) is 2.44. The highest BCUT2D eigenvalue weighted by atomic mass is 35.5. The standard InChI is InChI=1S/C20H17ClN2O4/c1-13-6-7-14(10-17(13)21)8-9-19(24)26-12-18-22-20(23-27-18)15-4-3-5-16(11-15)25-2/h3-11H,12H2,1-2H3/b9-8+. The zero-order valence-corrected chi connectivity index (χ0v) is 15.6. The molecule has 0 aliphatic heterocycles. The Morgan fingerprint density at radius 1 is 1.26 bits per heavy atom. The van der Waals surface area contributed by atoms with Gasteiger partial charge in [0, 0.05) is 16.7 Å². The highest BCUT2D eigenvalue weighted by Crippen LogP contribution is 2.21. The molecule has 138 valence electrons. The van der Waals surface area contributed by atoms with Crippen molar-refractivity contribution in [3.63, 3.8) is 0 Å². The number of aryl methyl sites for hydroxylation is 1. The highest BCUT2D eigenvalue weighted by Gasteiger charge is 2.11. The smallest absolute Gasteiger partial charge is 0.331 e. The van der Waals surface area contributed by atoms with Crippen molar-refractivity contribution in [2.75, 3.05) is 7.11 Å². The van der Waals surface area contributed by atoms with Crippen LogP contribution in [0.4, 0.5) is 0 Å². The molecule has 0 spiro atoms. The van der Waals surface area contributed by atoms with Gasteiger partial charge in [0.05, 0.1) is 7.11 Å². The van der Waals surface area contributed by atoms with Crippen molar-refractivity contribution in [1.82, 2.24) is 10.1 Å². The molecule has 0 N–H and O–H groups in total. The normalized spacial score (nSPS) is 10.9. The second-order valence-electron chi connectivity index (χ2n) is 5.69. The molecule has 0 saturated heterocycles. The van der Waals surface area contributed by atoms with Crippen LogP contribution in [0.25, 0.3) is 17.5 Å². The lowest BCUT2D eigenvalue weighted by atomic mass is 10.1. The van der Waals surface area contributed by atoms with Gasteiger partial charge in [0.1, 0.15) is 5.75 Å². The third-order valence-electron chi connectivity index (χ3n) is 3.74. The van der Waals surface area contributed by atoms with Crippen molar-refractivity contribution < 1.29 is 18.8 Å². The zero-order valence-electron chi connectivity index (χ0n) is 14.8. The van der Waals surface area contributed by atoms with Crippen LogP contribution in [-0.4, -0.2) is 23.2 Å². The molecule has 0 saturated carbocycles. The van der Waals surface area contributed by atoms with Crippen LogP contribution in [0, 0.1) is 6.92 Å². The summed E-state index contributed by atoms with van der Waals surface area (Å²) in [5.41, 5.74) is 2.52. The molecule has 0 amide bonds. The number of hydrogen-bond acceptors (Lipinski definition) is 6. The molecule has 0 fully saturated rings. The number of esters is 1. The summed E-state index contributed by atoms with van der Waals surface area (Å²) in [7, 11) is 1.58. The summed E-state index contributed by atoms with van der Waals surface area (Å²) < 4.78 is 15.4. The molecule has 0 atom stereocenters. The lowest BCUT2D eigenvalue weighted by Gasteiger charge is -2.00. The highest BCUT2D eigenvalue weighted by molar-refractivity contribution is 6.31. The number of rotatable bonds is 6. The van der Waals surface area contributed by atoms with Gasteiger partial charge in [-0.1, -0.05) is 41.0 Å². The number of aromatic nitrogens is 2. The molecular formula is C20H17ClN2O4. The lowest BCUT2D eigenvalue weighted by Crippen LogP contribution is -2.01. The SMILES string of the molecule is COc1cccc(-c2noc(COC(=O)/C=C/c3ccc(C)c(Cl)c3)n2)c1. The first-order chi connectivity index (χ1) is 13.0. The van der Waals surface area contributed by atoms with Crippen molar-refractivity contribution >= 4 is 23.6 Å². The quantitative estimate of drug-likeness (QED) is 0.461. The number of methoxy groups -OCH3 is 1. The number of nitrogens with zero attached hydrogens (tertiary/aromatic N) is 2. The number of ether oxygens (including phenoxy) is 2. The third kappa shape index (κ3) is 4.95. The summed E-state index contributed by atoms with van der Waals surface area (Å²) in [5.74, 6) is 0.761. The van der Waals surface area contributed by atoms with Crippen molar-refractivity contribution in [2.45, 2.75) is 13.5 Å². The number of benzene rings is 2. The maximum absolute atomic E-state index is 11.9. The topological polar surface area (TPSA) is 74.5 Å². The molecule has 6 nitrogen and oxygen atoms in total. The summed E-state index contributed by atoms with van der Waals surface area (Å²) in [4.78, 5) is 16.1. The Bertz CT molecular complexity index is 982. The van der Waals surface area contributed by atoms with Crippen molar-refractivity contribution in [3.05, 3.63) is 70.6 Å². The largest absolute Gasteiger partial charge is 0.497 e. The van der Waals surface area contributed by atoms with Gasteiger partial charge in [0.25, 0.3) is 5.89 Å². The maximum Gasteiger partial charge on any atom is 0.331 e. The first-order valence-corrected chi connectivity index (χ1v) is 8.51. The molecule has 0 aliphatic rings. The summed E-state index contributed by atoms with van der Waals surface area (Å²) in [6.07, 6.45) is 2.95. The summed E-state index contributed by atoms with van der Waals surface area (Å²) >= 11 is 6.06. The van der Waals surface area contributed by atoms with Crippen LogP contribution < -0.4 is 4.74 Å². The lowest BCUT2D eigenvalue weighted by molar-refractivity contribution is -0.139. The van der Waals surface area contributed by atoms with E-state index in [-0.39, 0.29) is 12.5 Å².